The molecule has 0 saturated heterocycles. The van der Waals surface area contributed by atoms with E-state index in [0.717, 1.165) is 0 Å². The highest BCUT2D eigenvalue weighted by molar-refractivity contribution is 6.27. The lowest BCUT2D eigenvalue weighted by Gasteiger charge is -2.38. The van der Waals surface area contributed by atoms with Gasteiger partial charge in [-0.3, -0.25) is 14.2 Å². The Morgan fingerprint density at radius 1 is 0.895 bits per heavy atom. The number of ether oxygens (including phenoxy) is 4. The number of carboxylic acid groups (broad SMARTS) is 2. The van der Waals surface area contributed by atoms with Crippen molar-refractivity contribution < 1.29 is 43.5 Å². The lowest BCUT2D eigenvalue weighted by molar-refractivity contribution is -0.132. The maximum absolute atomic E-state index is 13.8. The van der Waals surface area contributed by atoms with E-state index in [9.17, 15) is 29.4 Å². The number of carbonyl (C=O) groups is 3. The van der Waals surface area contributed by atoms with Crippen LogP contribution in [-0.2, 0) is 11.3 Å². The second kappa shape index (κ2) is 8.08. The fourth-order valence-electron chi connectivity index (χ4n) is 5.43. The Labute approximate surface area is 214 Å². The molecule has 1 atom stereocenters. The van der Waals surface area contributed by atoms with Gasteiger partial charge in [0.15, 0.2) is 39.8 Å². The lowest BCUT2D eigenvalue weighted by Crippen LogP contribution is -2.47. The van der Waals surface area contributed by atoms with Crippen molar-refractivity contribution in [3.05, 3.63) is 57.4 Å². The minimum atomic E-state index is -1.50. The molecule has 1 unspecified atom stereocenters. The molecule has 6 rings (SSSR count). The Kier molecular flexibility index (Phi) is 5.01. The van der Waals surface area contributed by atoms with Gasteiger partial charge in [0.1, 0.15) is 6.20 Å². The minimum absolute atomic E-state index is 0.00762. The molecular weight excluding hydrogens is 500 g/mol. The first kappa shape index (κ1) is 23.6. The van der Waals surface area contributed by atoms with E-state index in [0.29, 0.717) is 22.8 Å². The number of aromatic carboxylic acids is 1. The van der Waals surface area contributed by atoms with Gasteiger partial charge in [-0.1, -0.05) is 0 Å². The Balaban J connectivity index is 1.81. The number of quaternary nitrogens is 1. The summed E-state index contributed by atoms with van der Waals surface area (Å²) in [6.07, 6.45) is 1.20. The van der Waals surface area contributed by atoms with Crippen LogP contribution in [0.3, 0.4) is 0 Å². The maximum atomic E-state index is 13.8. The van der Waals surface area contributed by atoms with E-state index in [-0.39, 0.29) is 54.9 Å². The molecule has 0 aliphatic carbocycles. The molecule has 2 N–H and O–H groups in total. The number of aryl methyl sites for hydroxylation is 1. The molecule has 12 nitrogen and oxygen atoms in total. The standard InChI is InChI=1S/C26H20N2O10/c1-3-27-15-7-19-17(35-10-37-19)5-12(15)23(30)21(26(33)34)24(27)28(4-2)9-14(25(31)32)22(29)13-6-18-20(8-16(13)28)38-11-36-18/h5-9H,3-4,10-11H2,1-2H3,(H-,31,32,33,34)/p+1. The number of hydrogen-bond donors (Lipinski definition) is 2. The van der Waals surface area contributed by atoms with Crippen LogP contribution in [0.5, 0.6) is 23.0 Å². The zero-order chi connectivity index (χ0) is 26.9. The molecule has 3 aliphatic heterocycles. The Morgan fingerprint density at radius 3 is 2.08 bits per heavy atom. The smallest absolute Gasteiger partial charge is 0.347 e. The number of rotatable bonds is 5. The van der Waals surface area contributed by atoms with Gasteiger partial charge in [-0.2, -0.15) is 0 Å². The third kappa shape index (κ3) is 3.00. The second-order valence-electron chi connectivity index (χ2n) is 8.88. The van der Waals surface area contributed by atoms with Crippen LogP contribution in [0.4, 0.5) is 11.5 Å². The monoisotopic (exact) mass is 521 g/mol. The molecular formula is C26H21N2O10+. The molecule has 3 aromatic rings. The van der Waals surface area contributed by atoms with Crippen LogP contribution < -0.4 is 28.9 Å². The summed E-state index contributed by atoms with van der Waals surface area (Å²) in [7, 11) is 0. The van der Waals surface area contributed by atoms with Crippen molar-refractivity contribution in [2.75, 3.05) is 20.1 Å². The van der Waals surface area contributed by atoms with Crippen LogP contribution in [0.25, 0.3) is 10.9 Å². The first-order valence-electron chi connectivity index (χ1n) is 11.8. The summed E-state index contributed by atoms with van der Waals surface area (Å²) >= 11 is 0. The summed E-state index contributed by atoms with van der Waals surface area (Å²) in [5.41, 5.74) is -1.25. The molecule has 38 heavy (non-hydrogen) atoms. The number of carbonyl (C=O) groups excluding carboxylic acids is 1. The van der Waals surface area contributed by atoms with E-state index in [1.54, 1.807) is 24.5 Å². The third-order valence-electron chi connectivity index (χ3n) is 7.13. The number of Topliss-reactive ketones (excluding diaryl/α,β-unsaturated/α-hetero) is 1. The molecule has 0 fully saturated rings. The maximum Gasteiger partial charge on any atom is 0.347 e. The average Bonchev–Trinajstić information content (AvgIpc) is 3.55. The summed E-state index contributed by atoms with van der Waals surface area (Å²) in [6, 6.07) is 5.98. The highest BCUT2D eigenvalue weighted by atomic mass is 16.7. The molecule has 4 heterocycles. The van der Waals surface area contributed by atoms with Crippen LogP contribution in [0.1, 0.15) is 34.6 Å². The number of hydrogen-bond acceptors (Lipinski definition) is 8. The molecule has 3 aliphatic rings. The van der Waals surface area contributed by atoms with Crippen molar-refractivity contribution in [3.63, 3.8) is 0 Å². The molecule has 194 valence electrons. The third-order valence-corrected chi connectivity index (χ3v) is 7.13. The second-order valence-corrected chi connectivity index (χ2v) is 8.88. The largest absolute Gasteiger partial charge is 0.477 e. The highest BCUT2D eigenvalue weighted by Crippen LogP contribution is 2.49. The molecule has 0 bridgehead atoms. The Hall–Kier alpha value is -4.84. The number of benzene rings is 2. The number of nitrogens with zero attached hydrogens (tertiary/aromatic N) is 2. The summed E-state index contributed by atoms with van der Waals surface area (Å²) in [5.74, 6) is -2.49. The zero-order valence-electron chi connectivity index (χ0n) is 20.3. The van der Waals surface area contributed by atoms with E-state index in [4.69, 9.17) is 18.9 Å². The number of ketones is 1. The normalized spacial score (nSPS) is 18.9. The summed E-state index contributed by atoms with van der Waals surface area (Å²) in [6.45, 7) is 3.60. The van der Waals surface area contributed by atoms with Crippen LogP contribution in [0, 0.1) is 0 Å². The van der Waals surface area contributed by atoms with Gasteiger partial charge in [-0.15, -0.1) is 0 Å². The molecule has 0 radical (unpaired) electrons. The van der Waals surface area contributed by atoms with Gasteiger partial charge >= 0.3 is 11.9 Å². The molecule has 0 saturated carbocycles. The van der Waals surface area contributed by atoms with Gasteiger partial charge < -0.3 is 29.2 Å². The summed E-state index contributed by atoms with van der Waals surface area (Å²) < 4.78 is 22.9. The summed E-state index contributed by atoms with van der Waals surface area (Å²) in [5, 5.41) is 20.4. The fraction of sp³-hybridized carbons (Fsp3) is 0.231. The first-order chi connectivity index (χ1) is 18.2. The van der Waals surface area contributed by atoms with Gasteiger partial charge in [0, 0.05) is 24.7 Å². The van der Waals surface area contributed by atoms with Crippen molar-refractivity contribution in [2.24, 2.45) is 0 Å². The number of aromatic nitrogens is 1. The average molecular weight is 521 g/mol. The predicted molar refractivity (Wildman–Crippen MR) is 132 cm³/mol. The topological polar surface area (TPSA) is 151 Å². The van der Waals surface area contributed by atoms with Crippen molar-refractivity contribution in [1.29, 1.82) is 0 Å². The van der Waals surface area contributed by atoms with E-state index < -0.39 is 38.8 Å². The fourth-order valence-corrected chi connectivity index (χ4v) is 5.43. The number of carboxylic acids is 2. The Morgan fingerprint density at radius 2 is 1.50 bits per heavy atom. The van der Waals surface area contributed by atoms with Crippen LogP contribution >= 0.6 is 0 Å². The van der Waals surface area contributed by atoms with E-state index >= 15 is 0 Å². The van der Waals surface area contributed by atoms with E-state index in [2.05, 4.69) is 0 Å². The minimum Gasteiger partial charge on any atom is -0.477 e. The first-order valence-corrected chi connectivity index (χ1v) is 11.8. The van der Waals surface area contributed by atoms with Crippen molar-refractivity contribution in [3.8, 4) is 23.0 Å². The molecule has 1 aromatic heterocycles. The van der Waals surface area contributed by atoms with Gasteiger partial charge in [0.05, 0.1) is 23.0 Å². The Bertz CT molecular complexity index is 1700. The van der Waals surface area contributed by atoms with Crippen LogP contribution in [0.15, 0.2) is 40.8 Å². The van der Waals surface area contributed by atoms with Gasteiger partial charge in [0.25, 0.3) is 0 Å². The summed E-state index contributed by atoms with van der Waals surface area (Å²) in [4.78, 5) is 52.1. The molecule has 0 spiro atoms. The number of fused-ring (bicyclic) bond motifs is 4. The zero-order valence-corrected chi connectivity index (χ0v) is 20.3. The van der Waals surface area contributed by atoms with Gasteiger partial charge in [-0.05, 0) is 19.9 Å². The number of aliphatic carboxylic acids is 1. The highest BCUT2D eigenvalue weighted by Gasteiger charge is 2.48. The van der Waals surface area contributed by atoms with Crippen LogP contribution in [0.2, 0.25) is 0 Å². The number of pyridine rings is 1. The van der Waals surface area contributed by atoms with Crippen LogP contribution in [-0.4, -0.2) is 52.6 Å². The SMILES string of the molecule is CCn1c([N+]2(CC)C=C(C(=O)O)C(=O)c3cc4c(cc32)OCO4)c(C(=O)O)c(=O)c2cc3c(cc21)OCO3. The van der Waals surface area contributed by atoms with Crippen molar-refractivity contribution >= 4 is 40.1 Å². The van der Waals surface area contributed by atoms with E-state index in [1.807, 2.05) is 0 Å². The van der Waals surface area contributed by atoms with Gasteiger partial charge in [0.2, 0.25) is 30.6 Å². The molecule has 0 amide bonds. The van der Waals surface area contributed by atoms with Gasteiger partial charge in [-0.25, -0.2) is 14.1 Å². The van der Waals surface area contributed by atoms with Crippen molar-refractivity contribution in [2.45, 2.75) is 20.4 Å². The van der Waals surface area contributed by atoms with Crippen molar-refractivity contribution in [1.82, 2.24) is 9.05 Å². The predicted octanol–water partition coefficient (Wildman–Crippen LogP) is 3.00. The lowest BCUT2D eigenvalue weighted by atomic mass is 9.94. The molecule has 2 aromatic carbocycles. The molecule has 12 heteroatoms. The quantitative estimate of drug-likeness (QED) is 0.379. The van der Waals surface area contributed by atoms with E-state index in [1.165, 1.54) is 24.4 Å².